The summed E-state index contributed by atoms with van der Waals surface area (Å²) in [7, 11) is 0. The van der Waals surface area contributed by atoms with Crippen LogP contribution in [0.5, 0.6) is 0 Å². The lowest BCUT2D eigenvalue weighted by molar-refractivity contribution is 1.02. The van der Waals surface area contributed by atoms with Crippen molar-refractivity contribution in [1.29, 1.82) is 0 Å². The molecule has 14 heteroatoms. The van der Waals surface area contributed by atoms with Gasteiger partial charge in [-0.05, 0) is 138 Å². The van der Waals surface area contributed by atoms with Gasteiger partial charge in [0.15, 0.2) is 0 Å². The van der Waals surface area contributed by atoms with Crippen molar-refractivity contribution < 1.29 is 0 Å². The molecule has 6 aromatic heterocycles. The normalized spacial score (nSPS) is 10.6. The van der Waals surface area contributed by atoms with E-state index in [0.29, 0.717) is 23.4 Å². The van der Waals surface area contributed by atoms with Gasteiger partial charge in [-0.3, -0.25) is 19.9 Å². The fourth-order valence-electron chi connectivity index (χ4n) is 8.16. The zero-order valence-corrected chi connectivity index (χ0v) is 47.8. The van der Waals surface area contributed by atoms with Crippen LogP contribution in [0.2, 0.25) is 20.1 Å². The van der Waals surface area contributed by atoms with Crippen LogP contribution in [-0.2, 0) is 11.8 Å². The summed E-state index contributed by atoms with van der Waals surface area (Å²) in [6.45, 7) is 16.2. The van der Waals surface area contributed by atoms with Gasteiger partial charge in [-0.15, -0.1) is 23.2 Å². The first-order chi connectivity index (χ1) is 36.5. The van der Waals surface area contributed by atoms with Crippen LogP contribution in [0.3, 0.4) is 0 Å². The van der Waals surface area contributed by atoms with Crippen LogP contribution in [0.25, 0.3) is 65.4 Å². The minimum Gasteiger partial charge on any atom is -0.256 e. The minimum atomic E-state index is 0.366. The molecule has 8 nitrogen and oxygen atoms in total. The molecule has 0 atom stereocenters. The van der Waals surface area contributed by atoms with E-state index >= 15 is 0 Å². The van der Waals surface area contributed by atoms with Gasteiger partial charge in [0.05, 0.1) is 65.0 Å². The summed E-state index contributed by atoms with van der Waals surface area (Å²) in [4.78, 5) is 34.3. The molecule has 384 valence electrons. The van der Waals surface area contributed by atoms with Crippen molar-refractivity contribution in [3.8, 4) is 0 Å². The summed E-state index contributed by atoms with van der Waals surface area (Å²) >= 11 is 35.4. The number of pyridine rings is 4. The number of benzene rings is 6. The zero-order chi connectivity index (χ0) is 54.5. The molecule has 0 spiro atoms. The Kier molecular flexibility index (Phi) is 20.2. The van der Waals surface area contributed by atoms with Crippen LogP contribution < -0.4 is 0 Å². The lowest BCUT2D eigenvalue weighted by Gasteiger charge is -2.05. The third-order valence-corrected chi connectivity index (χ3v) is 13.8. The average molecular weight is 1120 g/mol. The van der Waals surface area contributed by atoms with Crippen LogP contribution >= 0.6 is 69.6 Å². The molecule has 0 saturated carbocycles. The highest BCUT2D eigenvalue weighted by molar-refractivity contribution is 6.36. The Balaban J connectivity index is 0.000000133. The number of aromatic nitrogens is 8. The van der Waals surface area contributed by atoms with E-state index in [1.807, 2.05) is 158 Å². The van der Waals surface area contributed by atoms with E-state index in [1.165, 1.54) is 27.8 Å². The number of para-hydroxylation sites is 2. The molecular formula is C62H54Cl6N8. The predicted octanol–water partition coefficient (Wildman–Crippen LogP) is 18.8. The van der Waals surface area contributed by atoms with E-state index in [1.54, 1.807) is 30.9 Å². The van der Waals surface area contributed by atoms with Gasteiger partial charge in [0, 0.05) is 68.5 Å². The summed E-state index contributed by atoms with van der Waals surface area (Å²) in [5, 5.41) is 9.42. The maximum atomic E-state index is 6.02. The number of hydrogen-bond acceptors (Lipinski definition) is 8. The van der Waals surface area contributed by atoms with E-state index in [4.69, 9.17) is 69.6 Å². The molecule has 0 aliphatic carbocycles. The van der Waals surface area contributed by atoms with Gasteiger partial charge in [0.25, 0.3) is 0 Å². The van der Waals surface area contributed by atoms with Gasteiger partial charge < -0.3 is 0 Å². The molecule has 0 amide bonds. The molecule has 0 saturated heterocycles. The minimum absolute atomic E-state index is 0.366. The second-order valence-corrected chi connectivity index (χ2v) is 20.0. The van der Waals surface area contributed by atoms with Gasteiger partial charge in [0.2, 0.25) is 0 Å². The van der Waals surface area contributed by atoms with E-state index in [9.17, 15) is 0 Å². The first kappa shape index (κ1) is 57.1. The Bertz CT molecular complexity index is 3880. The molecule has 0 bridgehead atoms. The number of nitrogens with zero attached hydrogens (tertiary/aromatic N) is 8. The lowest BCUT2D eigenvalue weighted by atomic mass is 10.1. The number of alkyl halides is 2. The van der Waals surface area contributed by atoms with Gasteiger partial charge in [0.1, 0.15) is 11.6 Å². The standard InChI is InChI=1S/2C11H11ClN2.4C10H8ClN/c1-7-3-4-9-8(2)13-11(6-12)14-10(9)5-7;1-7-4-3-5-9-8(2)13-10(6-12)14-11(7)9;1-7-2-3-10-8(6-7)9(11)4-5-12-10;1-7-2-3-8-9(11)4-5-12-10(8)6-7;1-7-3-2-4-9-10(7)8(11)5-6-12-9;1-7-3-2-4-8-9(11)5-6-12-10(7)8/h2*3-5H,6H2,1-2H3;4*2-6H,1H3. The Morgan fingerprint density at radius 1 is 0.329 bits per heavy atom. The van der Waals surface area contributed by atoms with E-state index in [2.05, 4.69) is 65.0 Å². The highest BCUT2D eigenvalue weighted by atomic mass is 35.5. The van der Waals surface area contributed by atoms with Crippen LogP contribution in [0.4, 0.5) is 0 Å². The Hall–Kier alpha value is -6.62. The third kappa shape index (κ3) is 14.6. The molecule has 6 heterocycles. The predicted molar refractivity (Wildman–Crippen MR) is 323 cm³/mol. The van der Waals surface area contributed by atoms with Crippen LogP contribution in [0.15, 0.2) is 158 Å². The second-order valence-electron chi connectivity index (χ2n) is 17.9. The van der Waals surface area contributed by atoms with Crippen LogP contribution in [0.1, 0.15) is 56.4 Å². The number of fused-ring (bicyclic) bond motifs is 6. The average Bonchev–Trinajstić information content (AvgIpc) is 3.40. The van der Waals surface area contributed by atoms with Gasteiger partial charge in [-0.2, -0.15) is 0 Å². The maximum absolute atomic E-state index is 6.02. The molecule has 0 aliphatic rings. The van der Waals surface area contributed by atoms with Gasteiger partial charge >= 0.3 is 0 Å². The number of rotatable bonds is 2. The third-order valence-electron chi connectivity index (χ3n) is 12.0. The van der Waals surface area contributed by atoms with Gasteiger partial charge in [-0.25, -0.2) is 19.9 Å². The molecular weight excluding hydrogens is 1070 g/mol. The Morgan fingerprint density at radius 3 is 1.45 bits per heavy atom. The quantitative estimate of drug-likeness (QED) is 0.158. The van der Waals surface area contributed by atoms with Crippen molar-refractivity contribution in [3.05, 3.63) is 235 Å². The summed E-state index contributed by atoms with van der Waals surface area (Å²) < 4.78 is 0. The Morgan fingerprint density at radius 2 is 0.803 bits per heavy atom. The first-order valence-corrected chi connectivity index (χ1v) is 26.7. The molecule has 0 radical (unpaired) electrons. The van der Waals surface area contributed by atoms with Crippen molar-refractivity contribution >= 4 is 135 Å². The first-order valence-electron chi connectivity index (χ1n) is 24.1. The van der Waals surface area contributed by atoms with Crippen LogP contribution in [0, 0.1) is 55.4 Å². The summed E-state index contributed by atoms with van der Waals surface area (Å²) in [6, 6.07) is 43.7. The fourth-order valence-corrected chi connectivity index (χ4v) is 9.34. The summed E-state index contributed by atoms with van der Waals surface area (Å²) in [5.74, 6) is 2.13. The molecule has 0 fully saturated rings. The van der Waals surface area contributed by atoms with Crippen molar-refractivity contribution in [2.24, 2.45) is 0 Å². The molecule has 0 unspecified atom stereocenters. The largest absolute Gasteiger partial charge is 0.256 e. The van der Waals surface area contributed by atoms with E-state index in [-0.39, 0.29) is 0 Å². The molecule has 0 N–H and O–H groups in total. The van der Waals surface area contributed by atoms with Crippen molar-refractivity contribution in [3.63, 3.8) is 0 Å². The van der Waals surface area contributed by atoms with Crippen molar-refractivity contribution in [1.82, 2.24) is 39.9 Å². The fraction of sp³-hybridized carbons (Fsp3) is 0.161. The number of halogens is 6. The van der Waals surface area contributed by atoms with Crippen molar-refractivity contribution in [2.75, 3.05) is 0 Å². The highest BCUT2D eigenvalue weighted by Gasteiger charge is 2.07. The number of hydrogen-bond donors (Lipinski definition) is 0. The summed E-state index contributed by atoms with van der Waals surface area (Å²) in [6.07, 6.45) is 6.91. The second kappa shape index (κ2) is 26.9. The molecule has 12 aromatic rings. The zero-order valence-electron chi connectivity index (χ0n) is 43.3. The highest BCUT2D eigenvalue weighted by Crippen LogP contribution is 2.27. The topological polar surface area (TPSA) is 103 Å². The smallest absolute Gasteiger partial charge is 0.144 e. The molecule has 76 heavy (non-hydrogen) atoms. The SMILES string of the molecule is Cc1ccc2c(C)nc(CCl)nc2c1.Cc1ccc2c(Cl)ccnc2c1.Cc1ccc2nccc(Cl)c2c1.Cc1cccc2c(Cl)ccnc12.Cc1cccc2nccc(Cl)c12.Cc1nc(CCl)nc2c(C)cccc12. The molecule has 12 rings (SSSR count). The monoisotopic (exact) mass is 1120 g/mol. The summed E-state index contributed by atoms with van der Waals surface area (Å²) in [5.41, 5.74) is 15.0. The molecule has 0 aliphatic heterocycles. The van der Waals surface area contributed by atoms with Crippen molar-refractivity contribution in [2.45, 2.75) is 67.1 Å². The lowest BCUT2D eigenvalue weighted by Crippen LogP contribution is -1.97. The van der Waals surface area contributed by atoms with E-state index < -0.39 is 0 Å². The van der Waals surface area contributed by atoms with Crippen LogP contribution in [-0.4, -0.2) is 39.9 Å². The Labute approximate surface area is 473 Å². The maximum Gasteiger partial charge on any atom is 0.144 e. The number of aryl methyl sites for hydroxylation is 8. The van der Waals surface area contributed by atoms with Gasteiger partial charge in [-0.1, -0.05) is 131 Å². The molecule has 6 aromatic carbocycles. The van der Waals surface area contributed by atoms with E-state index in [0.717, 1.165) is 102 Å².